The Labute approximate surface area is 122 Å². The number of anilines is 3. The maximum Gasteiger partial charge on any atom is 0.227 e. The second kappa shape index (κ2) is 5.54. The molecule has 6 heteroatoms. The first-order valence-electron chi connectivity index (χ1n) is 6.43. The minimum absolute atomic E-state index is 0.518. The predicted molar refractivity (Wildman–Crippen MR) is 81.9 cm³/mol. The van der Waals surface area contributed by atoms with Crippen molar-refractivity contribution in [1.29, 1.82) is 0 Å². The summed E-state index contributed by atoms with van der Waals surface area (Å²) in [5, 5.41) is 3.16. The van der Waals surface area contributed by atoms with Gasteiger partial charge in [-0.25, -0.2) is 19.9 Å². The number of hydrogen-bond donors (Lipinski definition) is 2. The molecule has 1 aromatic carbocycles. The van der Waals surface area contributed by atoms with Crippen LogP contribution in [0.2, 0.25) is 0 Å². The number of nitrogen functional groups attached to an aromatic ring is 1. The monoisotopic (exact) mass is 278 g/mol. The van der Waals surface area contributed by atoms with Crippen LogP contribution in [0.5, 0.6) is 0 Å². The maximum absolute atomic E-state index is 5.79. The van der Waals surface area contributed by atoms with E-state index < -0.39 is 0 Å². The summed E-state index contributed by atoms with van der Waals surface area (Å²) in [5.74, 6) is 0.518. The van der Waals surface area contributed by atoms with E-state index in [1.54, 1.807) is 24.8 Å². The summed E-state index contributed by atoms with van der Waals surface area (Å²) in [6, 6.07) is 5.67. The van der Waals surface area contributed by atoms with Gasteiger partial charge in [0.05, 0.1) is 0 Å². The molecule has 0 spiro atoms. The molecule has 0 aliphatic carbocycles. The Balaban J connectivity index is 1.83. The Morgan fingerprint density at radius 2 is 1.62 bits per heavy atom. The quantitative estimate of drug-likeness (QED) is 0.716. The van der Waals surface area contributed by atoms with E-state index in [-0.39, 0.29) is 0 Å². The first-order valence-corrected chi connectivity index (χ1v) is 6.43. The van der Waals surface area contributed by atoms with Gasteiger partial charge >= 0.3 is 0 Å². The Hall–Kier alpha value is -3.02. The zero-order chi connectivity index (χ0) is 14.7. The van der Waals surface area contributed by atoms with E-state index in [4.69, 9.17) is 5.73 Å². The molecule has 0 saturated carbocycles. The zero-order valence-corrected chi connectivity index (χ0v) is 11.5. The smallest absolute Gasteiger partial charge is 0.227 e. The number of nitrogens with two attached hydrogens (primary N) is 1. The van der Waals surface area contributed by atoms with Crippen molar-refractivity contribution in [2.75, 3.05) is 11.1 Å². The minimum atomic E-state index is 0.518. The highest BCUT2D eigenvalue weighted by atomic mass is 15.1. The van der Waals surface area contributed by atoms with Gasteiger partial charge in [-0.15, -0.1) is 0 Å². The van der Waals surface area contributed by atoms with Gasteiger partial charge in [0.2, 0.25) is 5.95 Å². The molecule has 2 heterocycles. The molecule has 3 aromatic rings. The summed E-state index contributed by atoms with van der Waals surface area (Å²) in [7, 11) is 0. The van der Waals surface area contributed by atoms with Crippen molar-refractivity contribution in [2.45, 2.75) is 6.92 Å². The third-order valence-electron chi connectivity index (χ3n) is 3.05. The SMILES string of the molecule is Cc1ccc(N)cc1Nc1ncc(-c2cncnc2)cn1. The second-order valence-electron chi connectivity index (χ2n) is 4.62. The van der Waals surface area contributed by atoms with Gasteiger partial charge in [0.25, 0.3) is 0 Å². The van der Waals surface area contributed by atoms with Crippen molar-refractivity contribution in [3.05, 3.63) is 54.9 Å². The molecule has 0 bridgehead atoms. The van der Waals surface area contributed by atoms with Gasteiger partial charge in [0.15, 0.2) is 0 Å². The van der Waals surface area contributed by atoms with E-state index in [0.717, 1.165) is 22.4 Å². The van der Waals surface area contributed by atoms with Crippen molar-refractivity contribution in [2.24, 2.45) is 0 Å². The lowest BCUT2D eigenvalue weighted by molar-refractivity contribution is 1.14. The van der Waals surface area contributed by atoms with Crippen molar-refractivity contribution in [3.8, 4) is 11.1 Å². The van der Waals surface area contributed by atoms with Crippen molar-refractivity contribution in [3.63, 3.8) is 0 Å². The maximum atomic E-state index is 5.79. The molecule has 0 saturated heterocycles. The van der Waals surface area contributed by atoms with E-state index in [9.17, 15) is 0 Å². The molecule has 0 fully saturated rings. The highest BCUT2D eigenvalue weighted by Gasteiger charge is 2.04. The fourth-order valence-corrected chi connectivity index (χ4v) is 1.88. The number of benzene rings is 1. The second-order valence-corrected chi connectivity index (χ2v) is 4.62. The van der Waals surface area contributed by atoms with Crippen LogP contribution in [0.15, 0.2) is 49.3 Å². The van der Waals surface area contributed by atoms with Crippen molar-refractivity contribution < 1.29 is 0 Å². The first kappa shape index (κ1) is 13.0. The number of aromatic nitrogens is 4. The first-order chi connectivity index (χ1) is 10.2. The fourth-order valence-electron chi connectivity index (χ4n) is 1.88. The molecule has 21 heavy (non-hydrogen) atoms. The zero-order valence-electron chi connectivity index (χ0n) is 11.5. The molecule has 0 atom stereocenters. The van der Waals surface area contributed by atoms with Gasteiger partial charge in [-0.2, -0.15) is 0 Å². The molecule has 3 N–H and O–H groups in total. The van der Waals surface area contributed by atoms with Crippen LogP contribution >= 0.6 is 0 Å². The summed E-state index contributed by atoms with van der Waals surface area (Å²) in [6.07, 6.45) is 8.40. The van der Waals surface area contributed by atoms with Gasteiger partial charge in [-0.1, -0.05) is 6.07 Å². The summed E-state index contributed by atoms with van der Waals surface area (Å²) in [4.78, 5) is 16.6. The van der Waals surface area contributed by atoms with E-state index in [2.05, 4.69) is 25.3 Å². The average Bonchev–Trinajstić information content (AvgIpc) is 2.53. The molecule has 0 aliphatic heterocycles. The molecule has 104 valence electrons. The largest absolute Gasteiger partial charge is 0.399 e. The van der Waals surface area contributed by atoms with Gasteiger partial charge in [0.1, 0.15) is 6.33 Å². The molecular weight excluding hydrogens is 264 g/mol. The van der Waals surface area contributed by atoms with E-state index in [0.29, 0.717) is 11.6 Å². The van der Waals surface area contributed by atoms with Crippen LogP contribution in [0, 0.1) is 6.92 Å². The molecule has 0 radical (unpaired) electrons. The molecule has 2 aromatic heterocycles. The summed E-state index contributed by atoms with van der Waals surface area (Å²) >= 11 is 0. The van der Waals surface area contributed by atoms with Crippen LogP contribution < -0.4 is 11.1 Å². The summed E-state index contributed by atoms with van der Waals surface area (Å²) in [6.45, 7) is 2.00. The Morgan fingerprint density at radius 3 is 2.33 bits per heavy atom. The molecule has 0 aliphatic rings. The van der Waals surface area contributed by atoms with E-state index in [1.165, 1.54) is 6.33 Å². The van der Waals surface area contributed by atoms with Crippen molar-refractivity contribution in [1.82, 2.24) is 19.9 Å². The lowest BCUT2D eigenvalue weighted by atomic mass is 10.2. The molecule has 0 amide bonds. The topological polar surface area (TPSA) is 89.6 Å². The lowest BCUT2D eigenvalue weighted by Crippen LogP contribution is -1.99. The molecule has 0 unspecified atom stereocenters. The van der Waals surface area contributed by atoms with E-state index in [1.807, 2.05) is 25.1 Å². The van der Waals surface area contributed by atoms with Crippen LogP contribution in [0.1, 0.15) is 5.56 Å². The van der Waals surface area contributed by atoms with Crippen LogP contribution in [0.3, 0.4) is 0 Å². The fraction of sp³-hybridized carbons (Fsp3) is 0.0667. The van der Waals surface area contributed by atoms with Gasteiger partial charge in [-0.05, 0) is 24.6 Å². The van der Waals surface area contributed by atoms with Crippen LogP contribution in [-0.2, 0) is 0 Å². The molecule has 6 nitrogen and oxygen atoms in total. The Bertz CT molecular complexity index is 740. The minimum Gasteiger partial charge on any atom is -0.399 e. The summed E-state index contributed by atoms with van der Waals surface area (Å²) < 4.78 is 0. The lowest BCUT2D eigenvalue weighted by Gasteiger charge is -2.09. The Kier molecular flexibility index (Phi) is 3.42. The third-order valence-corrected chi connectivity index (χ3v) is 3.05. The van der Waals surface area contributed by atoms with Crippen LogP contribution in [-0.4, -0.2) is 19.9 Å². The van der Waals surface area contributed by atoms with Crippen molar-refractivity contribution >= 4 is 17.3 Å². The standard InChI is InChI=1S/C15H14N6/c1-10-2-3-13(16)4-14(10)21-15-19-7-12(8-20-15)11-5-17-9-18-6-11/h2-9H,16H2,1H3,(H,19,20,21). The highest BCUT2D eigenvalue weighted by Crippen LogP contribution is 2.22. The number of nitrogens with zero attached hydrogens (tertiary/aromatic N) is 4. The summed E-state index contributed by atoms with van der Waals surface area (Å²) in [5.41, 5.74) is 10.2. The number of nitrogens with one attached hydrogen (secondary N) is 1. The number of aryl methyl sites for hydroxylation is 1. The van der Waals surface area contributed by atoms with Gasteiger partial charge < -0.3 is 11.1 Å². The molecular formula is C15H14N6. The van der Waals surface area contributed by atoms with Crippen LogP contribution in [0.4, 0.5) is 17.3 Å². The third kappa shape index (κ3) is 2.94. The normalized spacial score (nSPS) is 10.3. The number of hydrogen-bond acceptors (Lipinski definition) is 6. The van der Waals surface area contributed by atoms with Gasteiger partial charge in [-0.3, -0.25) is 0 Å². The molecule has 3 rings (SSSR count). The average molecular weight is 278 g/mol. The van der Waals surface area contributed by atoms with Gasteiger partial charge in [0, 0.05) is 47.3 Å². The Morgan fingerprint density at radius 1 is 0.952 bits per heavy atom. The van der Waals surface area contributed by atoms with Crippen LogP contribution in [0.25, 0.3) is 11.1 Å². The van der Waals surface area contributed by atoms with E-state index >= 15 is 0 Å². The predicted octanol–water partition coefficient (Wildman–Crippen LogP) is 2.57. The highest BCUT2D eigenvalue weighted by molar-refractivity contribution is 5.65. The number of rotatable bonds is 3.